The summed E-state index contributed by atoms with van der Waals surface area (Å²) in [5.74, 6) is 0.0337. The third-order valence-electron chi connectivity index (χ3n) is 6.22. The van der Waals surface area contributed by atoms with Gasteiger partial charge in [0.1, 0.15) is 5.69 Å². The van der Waals surface area contributed by atoms with Crippen LogP contribution in [0.25, 0.3) is 16.9 Å². The molecule has 0 unspecified atom stereocenters. The minimum atomic E-state index is 0.0337. The molecule has 33 heavy (non-hydrogen) atoms. The zero-order valence-corrected chi connectivity index (χ0v) is 19.8. The van der Waals surface area contributed by atoms with E-state index in [1.807, 2.05) is 57.7 Å². The minimum Gasteiger partial charge on any atom is -0.346 e. The number of amides is 1. The molecule has 3 heterocycles. The number of aryl methyl sites for hydroxylation is 2. The van der Waals surface area contributed by atoms with Crippen molar-refractivity contribution in [2.45, 2.75) is 20.3 Å². The van der Waals surface area contributed by atoms with Crippen LogP contribution in [-0.2, 0) is 0 Å². The van der Waals surface area contributed by atoms with E-state index < -0.39 is 0 Å². The number of carbonyl (C=O) groups is 1. The highest BCUT2D eigenvalue weighted by atomic mass is 32.1. The van der Waals surface area contributed by atoms with Crippen molar-refractivity contribution >= 4 is 22.4 Å². The molecule has 0 bridgehead atoms. The van der Waals surface area contributed by atoms with E-state index in [1.54, 1.807) is 11.3 Å². The second kappa shape index (κ2) is 9.19. The molecule has 0 atom stereocenters. The molecule has 4 aromatic rings. The largest absolute Gasteiger partial charge is 0.346 e. The van der Waals surface area contributed by atoms with Crippen molar-refractivity contribution in [1.82, 2.24) is 19.7 Å². The van der Waals surface area contributed by atoms with Crippen molar-refractivity contribution < 1.29 is 4.79 Å². The standard InChI is InChI=1S/C26H27N5OS/c1-19-9-10-21(17-20(19)2)24-23(18-31(28-24)22-7-4-3-5-8-22)25(32)29-12-6-13-30(15-14-29)26-27-11-16-33-26/h3-5,7-11,16-18H,6,12-15H2,1-2H3. The number of anilines is 1. The molecule has 7 heteroatoms. The van der Waals surface area contributed by atoms with E-state index in [2.05, 4.69) is 41.9 Å². The highest BCUT2D eigenvalue weighted by molar-refractivity contribution is 7.13. The van der Waals surface area contributed by atoms with Gasteiger partial charge in [-0.2, -0.15) is 5.10 Å². The van der Waals surface area contributed by atoms with Gasteiger partial charge in [0.2, 0.25) is 0 Å². The van der Waals surface area contributed by atoms with Crippen LogP contribution in [0.2, 0.25) is 0 Å². The lowest BCUT2D eigenvalue weighted by atomic mass is 10.0. The number of hydrogen-bond acceptors (Lipinski definition) is 5. The summed E-state index contributed by atoms with van der Waals surface area (Å²) in [5, 5.41) is 7.89. The number of thiazole rings is 1. The molecule has 6 nitrogen and oxygen atoms in total. The number of nitrogens with zero attached hydrogens (tertiary/aromatic N) is 5. The average molecular weight is 458 g/mol. The SMILES string of the molecule is Cc1ccc(-c2nn(-c3ccccc3)cc2C(=O)N2CCCN(c3nccs3)CC2)cc1C. The summed E-state index contributed by atoms with van der Waals surface area (Å²) in [6.45, 7) is 7.27. The number of carbonyl (C=O) groups excluding carboxylic acids is 1. The second-order valence-electron chi connectivity index (χ2n) is 8.42. The Balaban J connectivity index is 1.48. The van der Waals surface area contributed by atoms with Crippen LogP contribution in [0.5, 0.6) is 0 Å². The maximum Gasteiger partial charge on any atom is 0.257 e. The van der Waals surface area contributed by atoms with Crippen LogP contribution in [0.1, 0.15) is 27.9 Å². The Morgan fingerprint density at radius 1 is 0.970 bits per heavy atom. The first-order chi connectivity index (χ1) is 16.1. The topological polar surface area (TPSA) is 54.3 Å². The Labute approximate surface area is 198 Å². The predicted molar refractivity (Wildman–Crippen MR) is 133 cm³/mol. The second-order valence-corrected chi connectivity index (χ2v) is 9.29. The predicted octanol–water partition coefficient (Wildman–Crippen LogP) is 4.97. The smallest absolute Gasteiger partial charge is 0.257 e. The van der Waals surface area contributed by atoms with Crippen molar-refractivity contribution in [2.75, 3.05) is 31.1 Å². The molecule has 1 amide bonds. The monoisotopic (exact) mass is 457 g/mol. The van der Waals surface area contributed by atoms with Gasteiger partial charge in [0.25, 0.3) is 5.91 Å². The van der Waals surface area contributed by atoms with Crippen LogP contribution in [0.3, 0.4) is 0 Å². The van der Waals surface area contributed by atoms with Crippen molar-refractivity contribution in [3.05, 3.63) is 83.0 Å². The van der Waals surface area contributed by atoms with E-state index in [9.17, 15) is 4.79 Å². The lowest BCUT2D eigenvalue weighted by Gasteiger charge is -2.21. The molecule has 2 aromatic carbocycles. The number of benzene rings is 2. The van der Waals surface area contributed by atoms with E-state index in [-0.39, 0.29) is 5.91 Å². The van der Waals surface area contributed by atoms with Gasteiger partial charge >= 0.3 is 0 Å². The van der Waals surface area contributed by atoms with Gasteiger partial charge in [0.15, 0.2) is 5.13 Å². The van der Waals surface area contributed by atoms with Crippen LogP contribution in [0.15, 0.2) is 66.3 Å². The Hall–Kier alpha value is -3.45. The Bertz CT molecular complexity index is 1250. The lowest BCUT2D eigenvalue weighted by molar-refractivity contribution is 0.0768. The van der Waals surface area contributed by atoms with Crippen molar-refractivity contribution in [3.8, 4) is 16.9 Å². The molecular weight excluding hydrogens is 430 g/mol. The fourth-order valence-corrected chi connectivity index (χ4v) is 4.90. The van der Waals surface area contributed by atoms with Gasteiger partial charge in [-0.15, -0.1) is 11.3 Å². The van der Waals surface area contributed by atoms with E-state index in [1.165, 1.54) is 11.1 Å². The van der Waals surface area contributed by atoms with E-state index in [0.717, 1.165) is 48.1 Å². The molecule has 1 fully saturated rings. The first kappa shape index (κ1) is 21.4. The molecule has 0 N–H and O–H groups in total. The molecule has 0 radical (unpaired) electrons. The molecule has 1 saturated heterocycles. The van der Waals surface area contributed by atoms with Gasteiger partial charge in [-0.1, -0.05) is 30.3 Å². The van der Waals surface area contributed by atoms with Crippen molar-refractivity contribution in [2.24, 2.45) is 0 Å². The molecular formula is C26H27N5OS. The molecule has 1 aliphatic rings. The molecule has 1 aliphatic heterocycles. The highest BCUT2D eigenvalue weighted by Gasteiger charge is 2.26. The molecule has 168 valence electrons. The fraction of sp³-hybridized carbons (Fsp3) is 0.269. The summed E-state index contributed by atoms with van der Waals surface area (Å²) >= 11 is 1.65. The van der Waals surface area contributed by atoms with Gasteiger partial charge in [-0.25, -0.2) is 9.67 Å². The number of hydrogen-bond donors (Lipinski definition) is 0. The van der Waals surface area contributed by atoms with E-state index >= 15 is 0 Å². The summed E-state index contributed by atoms with van der Waals surface area (Å²) in [4.78, 5) is 22.5. The molecule has 0 spiro atoms. The lowest BCUT2D eigenvalue weighted by Crippen LogP contribution is -2.35. The van der Waals surface area contributed by atoms with Crippen LogP contribution in [-0.4, -0.2) is 51.8 Å². The van der Waals surface area contributed by atoms with E-state index in [0.29, 0.717) is 12.1 Å². The van der Waals surface area contributed by atoms with Gasteiger partial charge in [0, 0.05) is 49.5 Å². The number of para-hydroxylation sites is 1. The Kier molecular flexibility index (Phi) is 5.96. The molecule has 0 aliphatic carbocycles. The molecule has 0 saturated carbocycles. The summed E-state index contributed by atoms with van der Waals surface area (Å²) in [6.07, 6.45) is 4.63. The van der Waals surface area contributed by atoms with Crippen LogP contribution < -0.4 is 4.90 Å². The average Bonchev–Trinajstić information content (AvgIpc) is 3.47. The number of aromatic nitrogens is 3. The first-order valence-corrected chi connectivity index (χ1v) is 12.1. The van der Waals surface area contributed by atoms with Crippen molar-refractivity contribution in [1.29, 1.82) is 0 Å². The third kappa shape index (κ3) is 4.41. The summed E-state index contributed by atoms with van der Waals surface area (Å²) in [7, 11) is 0. The fourth-order valence-electron chi connectivity index (χ4n) is 4.20. The third-order valence-corrected chi connectivity index (χ3v) is 7.05. The van der Waals surface area contributed by atoms with Gasteiger partial charge in [-0.05, 0) is 49.6 Å². The van der Waals surface area contributed by atoms with Gasteiger partial charge in [0.05, 0.1) is 11.3 Å². The van der Waals surface area contributed by atoms with E-state index in [4.69, 9.17) is 5.10 Å². The maximum atomic E-state index is 13.8. The zero-order chi connectivity index (χ0) is 22.8. The van der Waals surface area contributed by atoms with Crippen molar-refractivity contribution in [3.63, 3.8) is 0 Å². The van der Waals surface area contributed by atoms with Crippen LogP contribution in [0, 0.1) is 13.8 Å². The van der Waals surface area contributed by atoms with Crippen LogP contribution in [0.4, 0.5) is 5.13 Å². The number of rotatable bonds is 4. The highest BCUT2D eigenvalue weighted by Crippen LogP contribution is 2.28. The maximum absolute atomic E-state index is 13.8. The normalized spacial score (nSPS) is 14.4. The Morgan fingerprint density at radius 2 is 1.82 bits per heavy atom. The summed E-state index contributed by atoms with van der Waals surface area (Å²) < 4.78 is 1.82. The van der Waals surface area contributed by atoms with Gasteiger partial charge < -0.3 is 9.80 Å². The summed E-state index contributed by atoms with van der Waals surface area (Å²) in [5.41, 5.74) is 5.69. The first-order valence-electron chi connectivity index (χ1n) is 11.3. The minimum absolute atomic E-state index is 0.0337. The molecule has 5 rings (SSSR count). The van der Waals surface area contributed by atoms with Crippen LogP contribution >= 0.6 is 11.3 Å². The summed E-state index contributed by atoms with van der Waals surface area (Å²) in [6, 6.07) is 16.2. The quantitative estimate of drug-likeness (QED) is 0.434. The zero-order valence-electron chi connectivity index (χ0n) is 18.9. The molecule has 2 aromatic heterocycles. The van der Waals surface area contributed by atoms with Gasteiger partial charge in [-0.3, -0.25) is 4.79 Å². The Morgan fingerprint density at radius 3 is 2.58 bits per heavy atom.